The van der Waals surface area contributed by atoms with Gasteiger partial charge in [0.2, 0.25) is 10.0 Å². The molecule has 0 aliphatic carbocycles. The van der Waals surface area contributed by atoms with Gasteiger partial charge in [-0.15, -0.1) is 11.3 Å². The Labute approximate surface area is 198 Å². The van der Waals surface area contributed by atoms with Gasteiger partial charge in [-0.05, 0) is 70.6 Å². The third-order valence-corrected chi connectivity index (χ3v) is 7.34. The predicted octanol–water partition coefficient (Wildman–Crippen LogP) is 4.46. The molecule has 2 aromatic heterocycles. The smallest absolute Gasteiger partial charge is 0.229 e. The molecule has 3 heterocycles. The van der Waals surface area contributed by atoms with E-state index < -0.39 is 10.0 Å². The Morgan fingerprint density at radius 2 is 2.06 bits per heavy atom. The van der Waals surface area contributed by atoms with E-state index in [0.29, 0.717) is 16.5 Å². The van der Waals surface area contributed by atoms with E-state index in [1.807, 2.05) is 35.2 Å². The van der Waals surface area contributed by atoms with Crippen molar-refractivity contribution in [1.29, 1.82) is 0 Å². The summed E-state index contributed by atoms with van der Waals surface area (Å²) in [5, 5.41) is 3.92. The summed E-state index contributed by atoms with van der Waals surface area (Å²) in [6, 6.07) is 14.8. The van der Waals surface area contributed by atoms with Crippen molar-refractivity contribution >= 4 is 66.0 Å². The van der Waals surface area contributed by atoms with Crippen molar-refractivity contribution in [2.75, 3.05) is 23.0 Å². The fourth-order valence-corrected chi connectivity index (χ4v) is 5.99. The SMILES string of the molecule is COc1ccc(N2C(=S)N[C@@H](c3ccccn3)[C@H]2c2ccc(Br)s2)cc1NS(C)(=O)=O. The summed E-state index contributed by atoms with van der Waals surface area (Å²) in [4.78, 5) is 7.60. The fraction of sp³-hybridized carbons (Fsp3) is 0.200. The minimum Gasteiger partial charge on any atom is -0.495 e. The van der Waals surface area contributed by atoms with Crippen LogP contribution in [0.3, 0.4) is 0 Å². The van der Waals surface area contributed by atoms with Gasteiger partial charge >= 0.3 is 0 Å². The van der Waals surface area contributed by atoms with Gasteiger partial charge in [-0.25, -0.2) is 8.42 Å². The van der Waals surface area contributed by atoms with Crippen LogP contribution >= 0.6 is 39.5 Å². The highest BCUT2D eigenvalue weighted by Gasteiger charge is 2.41. The highest BCUT2D eigenvalue weighted by Crippen LogP contribution is 2.45. The number of ether oxygens (including phenoxy) is 1. The summed E-state index contributed by atoms with van der Waals surface area (Å²) in [5.41, 5.74) is 1.94. The van der Waals surface area contributed by atoms with Gasteiger partial charge in [-0.3, -0.25) is 9.71 Å². The number of halogens is 1. The molecule has 3 aromatic rings. The van der Waals surface area contributed by atoms with Crippen LogP contribution in [0.5, 0.6) is 5.75 Å². The van der Waals surface area contributed by atoms with E-state index in [9.17, 15) is 8.42 Å². The number of thiocarbonyl (C=S) groups is 1. The molecule has 11 heteroatoms. The lowest BCUT2D eigenvalue weighted by molar-refractivity contribution is 0.417. The van der Waals surface area contributed by atoms with Crippen LogP contribution in [0.2, 0.25) is 0 Å². The van der Waals surface area contributed by atoms with Crippen LogP contribution in [0.25, 0.3) is 0 Å². The van der Waals surface area contributed by atoms with Gasteiger partial charge in [-0.2, -0.15) is 0 Å². The second kappa shape index (κ2) is 8.73. The van der Waals surface area contributed by atoms with E-state index >= 15 is 0 Å². The molecular weight excluding hydrogens is 520 g/mol. The number of aromatic nitrogens is 1. The first-order valence-corrected chi connectivity index (χ1v) is 13.1. The zero-order valence-corrected chi connectivity index (χ0v) is 20.6. The molecule has 2 N–H and O–H groups in total. The van der Waals surface area contributed by atoms with Crippen LogP contribution in [0.4, 0.5) is 11.4 Å². The van der Waals surface area contributed by atoms with Gasteiger partial charge in [0.15, 0.2) is 5.11 Å². The summed E-state index contributed by atoms with van der Waals surface area (Å²) in [7, 11) is -2.00. The number of benzene rings is 1. The molecule has 2 atom stereocenters. The Hall–Kier alpha value is -2.21. The zero-order chi connectivity index (χ0) is 22.2. The number of nitrogens with zero attached hydrogens (tertiary/aromatic N) is 2. The summed E-state index contributed by atoms with van der Waals surface area (Å²) < 4.78 is 32.6. The molecule has 0 amide bonds. The Morgan fingerprint density at radius 3 is 2.68 bits per heavy atom. The maximum absolute atomic E-state index is 11.9. The molecule has 0 saturated carbocycles. The Balaban J connectivity index is 1.82. The maximum atomic E-state index is 11.9. The van der Waals surface area contributed by atoms with Gasteiger partial charge < -0.3 is 15.0 Å². The molecule has 0 bridgehead atoms. The second-order valence-corrected chi connectivity index (χ2v) is 11.5. The average molecular weight is 540 g/mol. The minimum absolute atomic E-state index is 0.168. The predicted molar refractivity (Wildman–Crippen MR) is 131 cm³/mol. The Bertz CT molecular complexity index is 1220. The van der Waals surface area contributed by atoms with Crippen LogP contribution in [-0.2, 0) is 10.0 Å². The maximum Gasteiger partial charge on any atom is 0.229 e. The molecule has 1 aromatic carbocycles. The summed E-state index contributed by atoms with van der Waals surface area (Å²) in [6.45, 7) is 0. The molecule has 1 aliphatic rings. The topological polar surface area (TPSA) is 83.6 Å². The number of sulfonamides is 1. The van der Waals surface area contributed by atoms with Crippen molar-refractivity contribution in [2.24, 2.45) is 0 Å². The third-order valence-electron chi connectivity index (χ3n) is 4.74. The zero-order valence-electron chi connectivity index (χ0n) is 16.6. The number of anilines is 2. The quantitative estimate of drug-likeness (QED) is 0.448. The largest absolute Gasteiger partial charge is 0.495 e. The van der Waals surface area contributed by atoms with Gasteiger partial charge in [0, 0.05) is 16.8 Å². The lowest BCUT2D eigenvalue weighted by Gasteiger charge is -2.27. The van der Waals surface area contributed by atoms with Gasteiger partial charge in [0.1, 0.15) is 5.75 Å². The third kappa shape index (κ3) is 4.69. The van der Waals surface area contributed by atoms with Crippen LogP contribution < -0.4 is 19.7 Å². The number of thiophene rings is 1. The highest BCUT2D eigenvalue weighted by molar-refractivity contribution is 9.11. The number of methoxy groups -OCH3 is 1. The number of hydrogen-bond donors (Lipinski definition) is 2. The molecule has 0 unspecified atom stereocenters. The first kappa shape index (κ1) is 22.0. The van der Waals surface area contributed by atoms with E-state index in [-0.39, 0.29) is 12.1 Å². The molecule has 31 heavy (non-hydrogen) atoms. The van der Waals surface area contributed by atoms with Crippen molar-refractivity contribution in [3.05, 3.63) is 69.1 Å². The molecule has 162 valence electrons. The van der Waals surface area contributed by atoms with E-state index in [1.54, 1.807) is 29.7 Å². The summed E-state index contributed by atoms with van der Waals surface area (Å²) >= 11 is 10.9. The second-order valence-electron chi connectivity index (χ2n) is 6.90. The van der Waals surface area contributed by atoms with Crippen molar-refractivity contribution in [2.45, 2.75) is 12.1 Å². The van der Waals surface area contributed by atoms with Crippen molar-refractivity contribution in [3.63, 3.8) is 0 Å². The van der Waals surface area contributed by atoms with E-state index in [0.717, 1.165) is 26.3 Å². The van der Waals surface area contributed by atoms with Gasteiger partial charge in [0.25, 0.3) is 0 Å². The van der Waals surface area contributed by atoms with E-state index in [2.05, 4.69) is 37.0 Å². The lowest BCUT2D eigenvalue weighted by Crippen LogP contribution is -2.29. The normalized spacial score (nSPS) is 18.7. The van der Waals surface area contributed by atoms with Gasteiger partial charge in [0.05, 0.1) is 40.6 Å². The summed E-state index contributed by atoms with van der Waals surface area (Å²) in [6.07, 6.45) is 2.86. The first-order valence-electron chi connectivity index (χ1n) is 9.18. The standard InChI is InChI=1S/C20H19BrN4O3S3/c1-28-15-7-6-12(11-14(15)24-31(2,26)27)25-19(16-8-9-17(21)30-16)18(23-20(25)29)13-5-3-4-10-22-13/h3-11,18-19,24H,1-2H3,(H,23,29)/t18-,19+/m0/s1. The Morgan fingerprint density at radius 1 is 1.26 bits per heavy atom. The van der Waals surface area contributed by atoms with Crippen LogP contribution in [0.1, 0.15) is 22.7 Å². The van der Waals surface area contributed by atoms with Crippen LogP contribution in [0.15, 0.2) is 58.5 Å². The van der Waals surface area contributed by atoms with Crippen LogP contribution in [0, 0.1) is 0 Å². The minimum atomic E-state index is -3.49. The number of rotatable bonds is 6. The van der Waals surface area contributed by atoms with Crippen molar-refractivity contribution in [3.8, 4) is 5.75 Å². The number of hydrogen-bond acceptors (Lipinski definition) is 6. The molecular formula is C20H19BrN4O3S3. The summed E-state index contributed by atoms with van der Waals surface area (Å²) in [5.74, 6) is 0.420. The Kier molecular flexibility index (Phi) is 6.20. The molecule has 7 nitrogen and oxygen atoms in total. The number of pyridine rings is 1. The molecule has 1 fully saturated rings. The first-order chi connectivity index (χ1) is 14.8. The highest BCUT2D eigenvalue weighted by atomic mass is 79.9. The number of nitrogens with one attached hydrogen (secondary N) is 2. The molecule has 0 radical (unpaired) electrons. The molecule has 1 saturated heterocycles. The molecule has 0 spiro atoms. The fourth-order valence-electron chi connectivity index (χ4n) is 3.53. The van der Waals surface area contributed by atoms with Gasteiger partial charge in [-0.1, -0.05) is 6.07 Å². The lowest BCUT2D eigenvalue weighted by atomic mass is 10.0. The van der Waals surface area contributed by atoms with Crippen LogP contribution in [-0.4, -0.2) is 31.9 Å². The van der Waals surface area contributed by atoms with E-state index in [1.165, 1.54) is 7.11 Å². The van der Waals surface area contributed by atoms with Crippen molar-refractivity contribution in [1.82, 2.24) is 10.3 Å². The molecule has 1 aliphatic heterocycles. The van der Waals surface area contributed by atoms with E-state index in [4.69, 9.17) is 17.0 Å². The van der Waals surface area contributed by atoms with Crippen molar-refractivity contribution < 1.29 is 13.2 Å². The molecule has 4 rings (SSSR count). The average Bonchev–Trinajstić information content (AvgIpc) is 3.30. The monoisotopic (exact) mass is 538 g/mol.